The van der Waals surface area contributed by atoms with Crippen LogP contribution in [0.4, 0.5) is 0 Å². The number of hydrogen-bond acceptors (Lipinski definition) is 1. The summed E-state index contributed by atoms with van der Waals surface area (Å²) in [5.74, 6) is 0. The standard InChI is InChI=1S/Ba.Ce.H2O.Zr.H/h;;1H2;;/q+1;;;;/p-1. The summed E-state index contributed by atoms with van der Waals surface area (Å²) in [7, 11) is 0. The second kappa shape index (κ2) is 15.8. The SMILES string of the molecule is [BaH+].[Ce].[OH-].[Zr]. The van der Waals surface area contributed by atoms with Crippen LogP contribution >= 0.6 is 0 Å². The van der Waals surface area contributed by atoms with Gasteiger partial charge in [-0.2, -0.15) is 0 Å². The minimum absolute atomic E-state index is 0. The summed E-state index contributed by atoms with van der Waals surface area (Å²) in [6.07, 6.45) is 0. The van der Waals surface area contributed by atoms with Crippen molar-refractivity contribution in [2.75, 3.05) is 0 Å². The average molecular weight is 387 g/mol. The second-order valence-corrected chi connectivity index (χ2v) is 0. The van der Waals surface area contributed by atoms with Crippen molar-refractivity contribution in [2.24, 2.45) is 0 Å². The van der Waals surface area contributed by atoms with E-state index < -0.39 is 0 Å². The van der Waals surface area contributed by atoms with Gasteiger partial charge >= 0.3 is 48.9 Å². The number of rotatable bonds is 0. The fraction of sp³-hybridized carbons (Fsp3) is 0. The Kier molecular flexibility index (Phi) is 99.0. The van der Waals surface area contributed by atoms with Crippen molar-refractivity contribution in [3.8, 4) is 0 Å². The first-order valence-electron chi connectivity index (χ1n) is 0. The molecule has 0 saturated carbocycles. The summed E-state index contributed by atoms with van der Waals surface area (Å²) in [6.45, 7) is 0. The zero-order valence-corrected chi connectivity index (χ0v) is 14.3. The van der Waals surface area contributed by atoms with Crippen LogP contribution in [0, 0.1) is 41.7 Å². The first-order valence-corrected chi connectivity index (χ1v) is 0. The van der Waals surface area contributed by atoms with Gasteiger partial charge in [0, 0.05) is 68.0 Å². The van der Waals surface area contributed by atoms with E-state index in [4.69, 9.17) is 0 Å². The maximum atomic E-state index is 0. The third kappa shape index (κ3) is 9.25. The third-order valence-electron chi connectivity index (χ3n) is 0. The molecule has 0 amide bonds. The van der Waals surface area contributed by atoms with Gasteiger partial charge in [-0.1, -0.05) is 0 Å². The first-order chi connectivity index (χ1) is 0. The molecular formula is H2BaCeOZr. The maximum Gasteiger partial charge on any atom is 0 e. The van der Waals surface area contributed by atoms with Gasteiger partial charge in [-0.15, -0.1) is 0 Å². The largest absolute Gasteiger partial charge is 0.870 e. The molecule has 0 aliphatic rings. The Labute approximate surface area is 119 Å². The van der Waals surface area contributed by atoms with E-state index in [1.807, 2.05) is 0 Å². The van der Waals surface area contributed by atoms with E-state index >= 15 is 0 Å². The Hall–Kier alpha value is 3.79. The minimum Gasteiger partial charge on any atom is -0.870 e. The van der Waals surface area contributed by atoms with Crippen molar-refractivity contribution in [1.29, 1.82) is 0 Å². The van der Waals surface area contributed by atoms with Crippen LogP contribution < -0.4 is 0 Å². The Morgan fingerprint density at radius 3 is 1.00 bits per heavy atom. The predicted molar refractivity (Wildman–Crippen MR) is 9.08 cm³/mol. The fourth-order valence-corrected chi connectivity index (χ4v) is 0. The van der Waals surface area contributed by atoms with Crippen molar-refractivity contribution in [3.63, 3.8) is 0 Å². The molecule has 0 heterocycles. The fourth-order valence-electron chi connectivity index (χ4n) is 0. The molecule has 0 atom stereocenters. The Morgan fingerprint density at radius 2 is 1.00 bits per heavy atom. The molecule has 0 aromatic carbocycles. The van der Waals surface area contributed by atoms with E-state index in [0.717, 1.165) is 0 Å². The Bertz CT molecular complexity index is 8.00. The van der Waals surface area contributed by atoms with Crippen LogP contribution in [0.15, 0.2) is 0 Å². The first kappa shape index (κ1) is 25.0. The van der Waals surface area contributed by atoms with Crippen molar-refractivity contribution in [3.05, 3.63) is 0 Å². The zero-order valence-electron chi connectivity index (χ0n) is 2.45. The van der Waals surface area contributed by atoms with Crippen LogP contribution in [0.2, 0.25) is 0 Å². The van der Waals surface area contributed by atoms with Crippen LogP contribution in [-0.4, -0.2) is 54.4 Å². The van der Waals surface area contributed by atoms with Crippen LogP contribution in [0.5, 0.6) is 0 Å². The predicted octanol–water partition coefficient (Wildman–Crippen LogP) is -0.828. The minimum atomic E-state index is 0. The van der Waals surface area contributed by atoms with Gasteiger partial charge in [-0.05, 0) is 0 Å². The molecule has 0 aliphatic carbocycles. The summed E-state index contributed by atoms with van der Waals surface area (Å²) in [5.41, 5.74) is 0. The zero-order chi connectivity index (χ0) is 0. The summed E-state index contributed by atoms with van der Waals surface area (Å²) >= 11 is 0. The quantitative estimate of drug-likeness (QED) is 0.500. The van der Waals surface area contributed by atoms with Crippen LogP contribution in [0.25, 0.3) is 0 Å². The molecule has 0 aromatic rings. The Morgan fingerprint density at radius 1 is 1.00 bits per heavy atom. The molecule has 0 rings (SSSR count). The monoisotopic (exact) mass is 386 g/mol. The van der Waals surface area contributed by atoms with E-state index in [-0.39, 0.29) is 122 Å². The van der Waals surface area contributed by atoms with E-state index in [1.54, 1.807) is 0 Å². The normalized spacial score (nSPS) is 0. The topological polar surface area (TPSA) is 30.0 Å². The van der Waals surface area contributed by atoms with E-state index in [9.17, 15) is 0 Å². The van der Waals surface area contributed by atoms with Crippen LogP contribution in [-0.2, 0) is 26.2 Å². The summed E-state index contributed by atoms with van der Waals surface area (Å²) in [5, 5.41) is 0. The van der Waals surface area contributed by atoms with Crippen molar-refractivity contribution in [1.82, 2.24) is 0 Å². The van der Waals surface area contributed by atoms with Gasteiger partial charge in [-0.25, -0.2) is 0 Å². The molecule has 4 heteroatoms. The third-order valence-corrected chi connectivity index (χ3v) is 0. The van der Waals surface area contributed by atoms with Crippen LogP contribution in [0.3, 0.4) is 0 Å². The van der Waals surface area contributed by atoms with Crippen molar-refractivity contribution in [2.45, 2.75) is 0 Å². The molecule has 1 N–H and O–H groups in total. The van der Waals surface area contributed by atoms with Crippen molar-refractivity contribution >= 4 is 48.9 Å². The average Bonchev–Trinajstić information content (AvgIpc) is 0. The summed E-state index contributed by atoms with van der Waals surface area (Å²) in [6, 6.07) is 0. The van der Waals surface area contributed by atoms with E-state index in [2.05, 4.69) is 0 Å². The smallest absolute Gasteiger partial charge is 0 e. The van der Waals surface area contributed by atoms with Crippen molar-refractivity contribution < 1.29 is 73.4 Å². The molecule has 0 fully saturated rings. The van der Waals surface area contributed by atoms with Gasteiger partial charge < -0.3 is 5.48 Å². The molecule has 0 radical (unpaired) electrons. The van der Waals surface area contributed by atoms with Gasteiger partial charge in [0.25, 0.3) is 0 Å². The molecule has 1 nitrogen and oxygen atoms in total. The molecule has 4 heavy (non-hydrogen) atoms. The van der Waals surface area contributed by atoms with Gasteiger partial charge in [0.1, 0.15) is 0 Å². The molecule has 0 aromatic heterocycles. The van der Waals surface area contributed by atoms with E-state index in [1.165, 1.54) is 0 Å². The van der Waals surface area contributed by atoms with Gasteiger partial charge in [0.05, 0.1) is 0 Å². The Balaban J connectivity index is 0. The van der Waals surface area contributed by atoms with E-state index in [0.29, 0.717) is 0 Å². The molecule has 0 bridgehead atoms. The molecule has 0 aliphatic heterocycles. The molecular weight excluding hydrogens is 385 g/mol. The summed E-state index contributed by atoms with van der Waals surface area (Å²) < 4.78 is 0. The van der Waals surface area contributed by atoms with Gasteiger partial charge in [0.15, 0.2) is 0 Å². The second-order valence-electron chi connectivity index (χ2n) is 0. The molecule has 18 valence electrons. The van der Waals surface area contributed by atoms with Crippen LogP contribution in [0.1, 0.15) is 0 Å². The molecule has 0 saturated heterocycles. The maximum absolute atomic E-state index is 0. The summed E-state index contributed by atoms with van der Waals surface area (Å²) in [4.78, 5) is 0. The molecule has 0 spiro atoms. The molecule has 0 unspecified atom stereocenters. The number of hydrogen-bond donors (Lipinski definition) is 0. The van der Waals surface area contributed by atoms with Gasteiger partial charge in [-0.3, -0.25) is 0 Å². The van der Waals surface area contributed by atoms with Gasteiger partial charge in [0.2, 0.25) is 0 Å².